The molecule has 0 aliphatic carbocycles. The molecule has 0 spiro atoms. The zero-order valence-electron chi connectivity index (χ0n) is 9.91. The van der Waals surface area contributed by atoms with Crippen LogP contribution in [0.4, 0.5) is 0 Å². The minimum absolute atomic E-state index is 0.160. The van der Waals surface area contributed by atoms with E-state index in [1.165, 1.54) is 39.4 Å². The Balaban J connectivity index is 3.19. The predicted molar refractivity (Wildman–Crippen MR) is 61.0 cm³/mol. The highest BCUT2D eigenvalue weighted by Crippen LogP contribution is 2.14. The molecule has 7 heteroatoms. The Morgan fingerprint density at radius 2 is 1.94 bits per heavy atom. The van der Waals surface area contributed by atoms with E-state index in [9.17, 15) is 10.0 Å². The fraction of sp³-hybridized carbons (Fsp3) is 0.300. The third-order valence-corrected chi connectivity index (χ3v) is 2.26. The lowest BCUT2D eigenvalue weighted by molar-refractivity contribution is -1.00. The van der Waals surface area contributed by atoms with Gasteiger partial charge in [0.05, 0.1) is 12.7 Å². The summed E-state index contributed by atoms with van der Waals surface area (Å²) in [7, 11) is 2.33. The summed E-state index contributed by atoms with van der Waals surface area (Å²) < 4.78 is 4.11. The molecule has 0 atom stereocenters. The number of amides is 1. The van der Waals surface area contributed by atoms with Crippen LogP contribution in [0, 0.1) is 0 Å². The number of hydrogen-bond acceptors (Lipinski definition) is 5. The summed E-state index contributed by atoms with van der Waals surface area (Å²) in [4.78, 5) is 11.8. The Kier molecular flexibility index (Phi) is 3.89. The molecule has 0 heterocycles. The number of methoxy groups -OCH3 is 1. The van der Waals surface area contributed by atoms with Gasteiger partial charge < -0.3 is 14.8 Å². The molecule has 1 aromatic carbocycles. The fourth-order valence-electron chi connectivity index (χ4n) is 1.37. The number of benzene rings is 1. The predicted octanol–water partition coefficient (Wildman–Crippen LogP) is -1.02. The lowest BCUT2D eigenvalue weighted by Gasteiger charge is -2.17. The van der Waals surface area contributed by atoms with Crippen molar-refractivity contribution < 1.29 is 29.4 Å². The van der Waals surface area contributed by atoms with E-state index in [0.29, 0.717) is 0 Å². The molecular weight excluding hydrogens is 225 g/mol. The smallest absolute Gasteiger partial charge is 0.492 e. The maximum atomic E-state index is 11.8. The topological polar surface area (TPSA) is 87.0 Å². The van der Waals surface area contributed by atoms with Gasteiger partial charge in [-0.05, 0) is 12.1 Å². The third-order valence-electron chi connectivity index (χ3n) is 2.26. The number of carbonyl (C=O) groups is 1. The Hall–Kier alpha value is -1.41. The van der Waals surface area contributed by atoms with E-state index in [2.05, 4.69) is 0 Å². The van der Waals surface area contributed by atoms with Crippen LogP contribution in [0.1, 0.15) is 10.4 Å². The Bertz CT molecular complexity index is 427. The molecule has 0 aliphatic heterocycles. The molecule has 0 unspecified atom stereocenters. The summed E-state index contributed by atoms with van der Waals surface area (Å²) in [6.07, 6.45) is 0. The van der Waals surface area contributed by atoms with E-state index >= 15 is 0 Å². The molecule has 1 aromatic rings. The van der Waals surface area contributed by atoms with E-state index in [1.807, 2.05) is 0 Å². The molecule has 1 rings (SSSR count). The summed E-state index contributed by atoms with van der Waals surface area (Å²) in [5, 5.41) is 27.7. The van der Waals surface area contributed by atoms with Gasteiger partial charge in [0.15, 0.2) is 0 Å². The molecule has 0 bridgehead atoms. The number of rotatable bonds is 3. The second kappa shape index (κ2) is 4.85. The number of ether oxygens (including phenoxy) is 1. The number of nitrogens with zero attached hydrogens (tertiary/aromatic N) is 1. The molecule has 1 amide bonds. The lowest BCUT2D eigenvalue weighted by Crippen LogP contribution is -2.42. The van der Waals surface area contributed by atoms with Gasteiger partial charge in [-0.1, -0.05) is 6.07 Å². The van der Waals surface area contributed by atoms with E-state index < -0.39 is 17.7 Å². The van der Waals surface area contributed by atoms with Crippen LogP contribution in [0.5, 0.6) is 5.75 Å². The van der Waals surface area contributed by atoms with Gasteiger partial charge in [-0.15, -0.1) is 4.65 Å². The van der Waals surface area contributed by atoms with Crippen molar-refractivity contribution in [2.75, 3.05) is 21.2 Å². The van der Waals surface area contributed by atoms with E-state index in [1.54, 1.807) is 0 Å². The van der Waals surface area contributed by atoms with Crippen LogP contribution in [0.3, 0.4) is 0 Å². The van der Waals surface area contributed by atoms with E-state index in [-0.39, 0.29) is 16.8 Å². The Morgan fingerprint density at radius 3 is 2.35 bits per heavy atom. The van der Waals surface area contributed by atoms with Crippen molar-refractivity contribution in [2.45, 2.75) is 0 Å². The van der Waals surface area contributed by atoms with Crippen LogP contribution in [-0.2, 0) is 0 Å². The molecule has 0 fully saturated rings. The summed E-state index contributed by atoms with van der Waals surface area (Å²) in [6, 6.07) is 4.12. The van der Waals surface area contributed by atoms with Crippen LogP contribution in [0.2, 0.25) is 0 Å². The molecule has 0 aliphatic rings. The van der Waals surface area contributed by atoms with Gasteiger partial charge >= 0.3 is 13.0 Å². The highest BCUT2D eigenvalue weighted by molar-refractivity contribution is 6.59. The lowest BCUT2D eigenvalue weighted by atomic mass is 9.79. The Labute approximate surface area is 99.4 Å². The Morgan fingerprint density at radius 1 is 1.35 bits per heavy atom. The number of hydrogen-bond donors (Lipinski definition) is 3. The van der Waals surface area contributed by atoms with Crippen LogP contribution in [0.25, 0.3) is 0 Å². The molecule has 17 heavy (non-hydrogen) atoms. The summed E-state index contributed by atoms with van der Waals surface area (Å²) in [5.41, 5.74) is 0.381. The quantitative estimate of drug-likeness (QED) is 0.272. The second-order valence-corrected chi connectivity index (χ2v) is 4.03. The first kappa shape index (κ1) is 13.7. The van der Waals surface area contributed by atoms with Gasteiger partial charge in [-0.25, -0.2) is 10.0 Å². The van der Waals surface area contributed by atoms with Gasteiger partial charge in [0.25, 0.3) is 0 Å². The van der Waals surface area contributed by atoms with Crippen molar-refractivity contribution in [3.63, 3.8) is 0 Å². The minimum atomic E-state index is -1.68. The van der Waals surface area contributed by atoms with Crippen LogP contribution < -0.4 is 10.2 Å². The molecule has 0 radical (unpaired) electrons. The summed E-state index contributed by atoms with van der Waals surface area (Å²) in [5.74, 6) is -0.346. The van der Waals surface area contributed by atoms with Gasteiger partial charge in [0.1, 0.15) is 19.8 Å². The van der Waals surface area contributed by atoms with Crippen molar-refractivity contribution in [1.29, 1.82) is 0 Å². The van der Waals surface area contributed by atoms with Crippen molar-refractivity contribution in [1.82, 2.24) is 0 Å². The number of hydroxylamine groups is 3. The number of quaternary nitrogens is 1. The zero-order chi connectivity index (χ0) is 13.2. The fourth-order valence-corrected chi connectivity index (χ4v) is 1.37. The van der Waals surface area contributed by atoms with E-state index in [0.717, 1.165) is 0 Å². The average Bonchev–Trinajstić information content (AvgIpc) is 2.25. The molecule has 0 saturated carbocycles. The molecule has 92 valence electrons. The second-order valence-electron chi connectivity index (χ2n) is 4.03. The van der Waals surface area contributed by atoms with E-state index in [4.69, 9.17) is 14.8 Å². The largest absolute Gasteiger partial charge is 0.497 e. The van der Waals surface area contributed by atoms with Crippen molar-refractivity contribution in [3.8, 4) is 5.75 Å². The monoisotopic (exact) mass is 240 g/mol. The normalized spacial score (nSPS) is 11.2. The van der Waals surface area contributed by atoms with Gasteiger partial charge in [-0.2, -0.15) is 0 Å². The highest BCUT2D eigenvalue weighted by Gasteiger charge is 2.28. The van der Waals surface area contributed by atoms with Crippen molar-refractivity contribution >= 4 is 18.5 Å². The standard InChI is InChI=1S/C10H15BNO5/c1-12(2,16)10(13)7-4-5-8(11(14)15)9(6-7)17-3/h4-6,14-16H,1-3H3/q+1. The zero-order valence-corrected chi connectivity index (χ0v) is 9.91. The van der Waals surface area contributed by atoms with Crippen molar-refractivity contribution in [2.24, 2.45) is 0 Å². The van der Waals surface area contributed by atoms with Gasteiger partial charge in [-0.3, -0.25) is 0 Å². The van der Waals surface area contributed by atoms with Crippen molar-refractivity contribution in [3.05, 3.63) is 23.8 Å². The van der Waals surface area contributed by atoms with Crippen LogP contribution in [-0.4, -0.2) is 54.1 Å². The molecule has 0 saturated heterocycles. The molecular formula is C10H15BNO5+. The van der Waals surface area contributed by atoms with Crippen LogP contribution >= 0.6 is 0 Å². The van der Waals surface area contributed by atoms with Crippen LogP contribution in [0.15, 0.2) is 18.2 Å². The van der Waals surface area contributed by atoms with Gasteiger partial charge in [0.2, 0.25) is 0 Å². The average molecular weight is 240 g/mol. The number of carbonyl (C=O) groups excluding carboxylic acids is 1. The first-order valence-corrected chi connectivity index (χ1v) is 4.93. The molecule has 0 aromatic heterocycles. The third kappa shape index (κ3) is 3.04. The summed E-state index contributed by atoms with van der Waals surface area (Å²) >= 11 is 0. The highest BCUT2D eigenvalue weighted by atomic mass is 16.6. The molecule has 6 nitrogen and oxygen atoms in total. The SMILES string of the molecule is COc1cc(C(=O)[N+](C)(C)O)ccc1B(O)O. The molecule has 3 N–H and O–H groups in total. The first-order valence-electron chi connectivity index (χ1n) is 4.93. The maximum absolute atomic E-state index is 11.8. The minimum Gasteiger partial charge on any atom is -0.497 e. The summed E-state index contributed by atoms with van der Waals surface area (Å²) in [6.45, 7) is 0. The maximum Gasteiger partial charge on any atom is 0.492 e. The van der Waals surface area contributed by atoms with Gasteiger partial charge in [0, 0.05) is 5.46 Å². The first-order chi connectivity index (χ1) is 7.77.